The number of nitrogens with one attached hydrogen (secondary N) is 1. The van der Waals surface area contributed by atoms with Crippen LogP contribution in [0.3, 0.4) is 0 Å². The van der Waals surface area contributed by atoms with Crippen molar-refractivity contribution in [3.05, 3.63) is 34.9 Å². The van der Waals surface area contributed by atoms with Crippen molar-refractivity contribution in [2.45, 2.75) is 32.5 Å². The van der Waals surface area contributed by atoms with Crippen molar-refractivity contribution >= 4 is 0 Å². The van der Waals surface area contributed by atoms with Gasteiger partial charge in [0.15, 0.2) is 0 Å². The number of aryl methyl sites for hydroxylation is 2. The summed E-state index contributed by atoms with van der Waals surface area (Å²) in [6.45, 7) is 6.68. The number of nitrogens with zero attached hydrogens (tertiary/aromatic N) is 1. The lowest BCUT2D eigenvalue weighted by Crippen LogP contribution is -2.46. The van der Waals surface area contributed by atoms with Crippen LogP contribution in [0, 0.1) is 13.8 Å². The molecule has 1 saturated heterocycles. The van der Waals surface area contributed by atoms with Crippen LogP contribution in [0.5, 0.6) is 0 Å². The summed E-state index contributed by atoms with van der Waals surface area (Å²) in [6.07, 6.45) is -4.93. The Morgan fingerprint density at radius 1 is 1.20 bits per heavy atom. The molecule has 1 aromatic carbocycles. The molecule has 112 valence electrons. The summed E-state index contributed by atoms with van der Waals surface area (Å²) >= 11 is 0. The second kappa shape index (κ2) is 6.14. The molecule has 2 rings (SSSR count). The van der Waals surface area contributed by atoms with Gasteiger partial charge in [0.1, 0.15) is 0 Å². The van der Waals surface area contributed by atoms with Gasteiger partial charge in [0.2, 0.25) is 0 Å². The van der Waals surface area contributed by atoms with Crippen LogP contribution < -0.4 is 5.32 Å². The molecule has 0 amide bonds. The standard InChI is InChI=1S/C15H21F3N2/c1-11-3-4-13(12(2)9-11)14(10-15(16,17)18)20-7-5-19-6-8-20/h3-4,9,14,19H,5-8,10H2,1-2H3/t14-/m1/s1. The highest BCUT2D eigenvalue weighted by Gasteiger charge is 2.36. The number of alkyl halides is 3. The molecular weight excluding hydrogens is 265 g/mol. The van der Waals surface area contributed by atoms with E-state index in [1.165, 1.54) is 0 Å². The molecule has 1 aliphatic heterocycles. The third-order valence-corrected chi connectivity index (χ3v) is 3.80. The second-order valence-electron chi connectivity index (χ2n) is 5.48. The smallest absolute Gasteiger partial charge is 0.314 e. The maximum atomic E-state index is 12.9. The fourth-order valence-electron chi connectivity index (χ4n) is 2.85. The van der Waals surface area contributed by atoms with Crippen molar-refractivity contribution in [3.8, 4) is 0 Å². The molecule has 0 unspecified atom stereocenters. The summed E-state index contributed by atoms with van der Waals surface area (Å²) < 4.78 is 38.7. The molecule has 1 aromatic rings. The highest BCUT2D eigenvalue weighted by Crippen LogP contribution is 2.35. The summed E-state index contributed by atoms with van der Waals surface area (Å²) in [5, 5.41) is 3.18. The minimum atomic E-state index is -4.15. The van der Waals surface area contributed by atoms with Crippen LogP contribution >= 0.6 is 0 Å². The third-order valence-electron chi connectivity index (χ3n) is 3.80. The van der Waals surface area contributed by atoms with Gasteiger partial charge >= 0.3 is 6.18 Å². The van der Waals surface area contributed by atoms with Gasteiger partial charge in [-0.15, -0.1) is 0 Å². The molecule has 20 heavy (non-hydrogen) atoms. The Kier molecular flexibility index (Phi) is 4.70. The van der Waals surface area contributed by atoms with E-state index in [2.05, 4.69) is 5.32 Å². The van der Waals surface area contributed by atoms with E-state index in [1.54, 1.807) is 0 Å². The van der Waals surface area contributed by atoms with Crippen molar-refractivity contribution in [1.82, 2.24) is 10.2 Å². The fraction of sp³-hybridized carbons (Fsp3) is 0.600. The van der Waals surface area contributed by atoms with Gasteiger partial charge in [-0.2, -0.15) is 13.2 Å². The molecule has 1 heterocycles. The van der Waals surface area contributed by atoms with Gasteiger partial charge in [0, 0.05) is 32.2 Å². The third kappa shape index (κ3) is 3.96. The van der Waals surface area contributed by atoms with E-state index >= 15 is 0 Å². The van der Waals surface area contributed by atoms with Crippen molar-refractivity contribution in [3.63, 3.8) is 0 Å². The topological polar surface area (TPSA) is 15.3 Å². The Bertz CT molecular complexity index is 451. The molecule has 2 nitrogen and oxygen atoms in total. The first kappa shape index (κ1) is 15.3. The number of piperazine rings is 1. The van der Waals surface area contributed by atoms with E-state index in [-0.39, 0.29) is 0 Å². The van der Waals surface area contributed by atoms with Crippen molar-refractivity contribution in [2.75, 3.05) is 26.2 Å². The minimum Gasteiger partial charge on any atom is -0.314 e. The fourth-order valence-corrected chi connectivity index (χ4v) is 2.85. The predicted molar refractivity (Wildman–Crippen MR) is 73.8 cm³/mol. The molecule has 0 aliphatic carbocycles. The van der Waals surface area contributed by atoms with Crippen molar-refractivity contribution in [1.29, 1.82) is 0 Å². The zero-order chi connectivity index (χ0) is 14.8. The van der Waals surface area contributed by atoms with E-state index < -0.39 is 18.6 Å². The van der Waals surface area contributed by atoms with Crippen LogP contribution in [-0.4, -0.2) is 37.3 Å². The average Bonchev–Trinajstić information content (AvgIpc) is 2.36. The summed E-state index contributed by atoms with van der Waals surface area (Å²) in [5.41, 5.74) is 2.82. The zero-order valence-corrected chi connectivity index (χ0v) is 11.9. The van der Waals surface area contributed by atoms with E-state index in [0.29, 0.717) is 13.1 Å². The van der Waals surface area contributed by atoms with Crippen LogP contribution in [0.2, 0.25) is 0 Å². The molecule has 1 fully saturated rings. The molecule has 1 N–H and O–H groups in total. The highest BCUT2D eigenvalue weighted by atomic mass is 19.4. The van der Waals surface area contributed by atoms with Crippen LogP contribution in [-0.2, 0) is 0 Å². The van der Waals surface area contributed by atoms with E-state index in [9.17, 15) is 13.2 Å². The Morgan fingerprint density at radius 2 is 1.85 bits per heavy atom. The first-order valence-corrected chi connectivity index (χ1v) is 6.95. The number of halogens is 3. The van der Waals surface area contributed by atoms with E-state index in [1.807, 2.05) is 36.9 Å². The number of benzene rings is 1. The highest BCUT2D eigenvalue weighted by molar-refractivity contribution is 5.33. The Balaban J connectivity index is 2.29. The first-order valence-electron chi connectivity index (χ1n) is 6.95. The molecule has 0 aromatic heterocycles. The van der Waals surface area contributed by atoms with Crippen LogP contribution in [0.4, 0.5) is 13.2 Å². The molecule has 0 bridgehead atoms. The Morgan fingerprint density at radius 3 is 2.40 bits per heavy atom. The normalized spacial score (nSPS) is 19.1. The van der Waals surface area contributed by atoms with E-state index in [0.717, 1.165) is 29.8 Å². The van der Waals surface area contributed by atoms with Crippen LogP contribution in [0.25, 0.3) is 0 Å². The lowest BCUT2D eigenvalue weighted by molar-refractivity contribution is -0.148. The molecular formula is C15H21F3N2. The van der Waals surface area contributed by atoms with Crippen molar-refractivity contribution < 1.29 is 13.2 Å². The Hall–Kier alpha value is -1.07. The van der Waals surface area contributed by atoms with Gasteiger partial charge in [-0.3, -0.25) is 4.90 Å². The van der Waals surface area contributed by atoms with E-state index in [4.69, 9.17) is 0 Å². The molecule has 1 aliphatic rings. The van der Waals surface area contributed by atoms with Crippen LogP contribution in [0.15, 0.2) is 18.2 Å². The van der Waals surface area contributed by atoms with Gasteiger partial charge < -0.3 is 5.32 Å². The van der Waals surface area contributed by atoms with Gasteiger partial charge in [0.25, 0.3) is 0 Å². The molecule has 0 radical (unpaired) electrons. The molecule has 0 saturated carbocycles. The summed E-state index contributed by atoms with van der Waals surface area (Å²) in [5.74, 6) is 0. The molecule has 1 atom stereocenters. The minimum absolute atomic E-state index is 0.572. The maximum Gasteiger partial charge on any atom is 0.390 e. The monoisotopic (exact) mass is 286 g/mol. The molecule has 0 spiro atoms. The lowest BCUT2D eigenvalue weighted by atomic mass is 9.95. The van der Waals surface area contributed by atoms with Gasteiger partial charge in [0.05, 0.1) is 6.42 Å². The number of hydrogen-bond donors (Lipinski definition) is 1. The van der Waals surface area contributed by atoms with Gasteiger partial charge in [-0.05, 0) is 25.0 Å². The van der Waals surface area contributed by atoms with Gasteiger partial charge in [-0.1, -0.05) is 23.8 Å². The predicted octanol–water partition coefficient (Wildman–Crippen LogP) is 3.20. The second-order valence-corrected chi connectivity index (χ2v) is 5.48. The zero-order valence-electron chi connectivity index (χ0n) is 11.9. The average molecular weight is 286 g/mol. The summed E-state index contributed by atoms with van der Waals surface area (Å²) in [6, 6.07) is 5.13. The number of rotatable bonds is 3. The van der Waals surface area contributed by atoms with Crippen molar-refractivity contribution in [2.24, 2.45) is 0 Å². The largest absolute Gasteiger partial charge is 0.390 e. The summed E-state index contributed by atoms with van der Waals surface area (Å²) in [7, 11) is 0. The Labute approximate surface area is 118 Å². The van der Waals surface area contributed by atoms with Crippen LogP contribution in [0.1, 0.15) is 29.2 Å². The SMILES string of the molecule is Cc1ccc([C@@H](CC(F)(F)F)N2CCNCC2)c(C)c1. The van der Waals surface area contributed by atoms with Gasteiger partial charge in [-0.25, -0.2) is 0 Å². The summed E-state index contributed by atoms with van der Waals surface area (Å²) in [4.78, 5) is 1.95. The first-order chi connectivity index (χ1) is 9.37. The quantitative estimate of drug-likeness (QED) is 0.918. The lowest BCUT2D eigenvalue weighted by Gasteiger charge is -2.36. The molecule has 5 heteroatoms. The maximum absolute atomic E-state index is 12.9. The number of hydrogen-bond acceptors (Lipinski definition) is 2.